The molecule has 0 spiro atoms. The number of pyridine rings is 1. The summed E-state index contributed by atoms with van der Waals surface area (Å²) in [7, 11) is 0. The molecule has 0 aliphatic carbocycles. The molecule has 154 valence electrons. The first-order valence-electron chi connectivity index (χ1n) is 9.30. The molecule has 1 N–H and O–H groups in total. The van der Waals surface area contributed by atoms with Crippen molar-refractivity contribution in [3.05, 3.63) is 41.2 Å². The molecule has 0 aromatic carbocycles. The van der Waals surface area contributed by atoms with E-state index in [-0.39, 0.29) is 36.8 Å². The standard InChI is InChI=1S/C19H25N5OS.2ClH/c1-14-13-26-19(22-14)23-8-4-15(5-9-23)18(25)24-10-7-21-12-17(24)16-3-2-6-20-11-16;;/h2-3,6,11,13,15,17,21H,4-5,7-10,12H2,1H3;2*1H. The van der Waals surface area contributed by atoms with Crippen molar-refractivity contribution in [1.29, 1.82) is 0 Å². The van der Waals surface area contributed by atoms with Gasteiger partial charge in [0.15, 0.2) is 5.13 Å². The van der Waals surface area contributed by atoms with Gasteiger partial charge in [-0.05, 0) is 31.4 Å². The Kier molecular flexibility index (Phi) is 8.49. The normalized spacial score (nSPS) is 20.2. The molecular formula is C19H27Cl2N5OS. The summed E-state index contributed by atoms with van der Waals surface area (Å²) >= 11 is 1.70. The molecule has 2 aliphatic heterocycles. The maximum absolute atomic E-state index is 13.2. The second-order valence-electron chi connectivity index (χ2n) is 7.07. The van der Waals surface area contributed by atoms with Gasteiger partial charge in [0.2, 0.25) is 5.91 Å². The number of halogens is 2. The van der Waals surface area contributed by atoms with Crippen LogP contribution >= 0.6 is 36.2 Å². The van der Waals surface area contributed by atoms with Gasteiger partial charge >= 0.3 is 0 Å². The van der Waals surface area contributed by atoms with Crippen LogP contribution < -0.4 is 10.2 Å². The predicted octanol–water partition coefficient (Wildman–Crippen LogP) is 3.08. The Balaban J connectivity index is 0.00000140. The SMILES string of the molecule is Cc1csc(N2CCC(C(=O)N3CCNCC3c3cccnc3)CC2)n1.Cl.Cl. The van der Waals surface area contributed by atoms with Gasteiger partial charge in [-0.1, -0.05) is 6.07 Å². The molecule has 6 nitrogen and oxygen atoms in total. The summed E-state index contributed by atoms with van der Waals surface area (Å²) in [6.07, 6.45) is 5.47. The summed E-state index contributed by atoms with van der Waals surface area (Å²) in [5.74, 6) is 0.417. The highest BCUT2D eigenvalue weighted by molar-refractivity contribution is 7.13. The highest BCUT2D eigenvalue weighted by Gasteiger charge is 2.34. The van der Waals surface area contributed by atoms with Gasteiger partial charge in [-0.2, -0.15) is 0 Å². The molecule has 28 heavy (non-hydrogen) atoms. The predicted molar refractivity (Wildman–Crippen MR) is 118 cm³/mol. The molecule has 2 aromatic rings. The van der Waals surface area contributed by atoms with E-state index in [1.165, 1.54) is 0 Å². The van der Waals surface area contributed by atoms with Gasteiger partial charge in [0, 0.05) is 56.4 Å². The zero-order valence-corrected chi connectivity index (χ0v) is 18.4. The number of thiazole rings is 1. The number of hydrogen-bond donors (Lipinski definition) is 1. The van der Waals surface area contributed by atoms with Crippen molar-refractivity contribution >= 4 is 47.2 Å². The Morgan fingerprint density at radius 2 is 2.04 bits per heavy atom. The molecule has 0 saturated carbocycles. The summed E-state index contributed by atoms with van der Waals surface area (Å²) < 4.78 is 0. The van der Waals surface area contributed by atoms with E-state index in [9.17, 15) is 4.79 Å². The molecule has 1 amide bonds. The minimum atomic E-state index is 0. The van der Waals surface area contributed by atoms with E-state index in [1.807, 2.05) is 19.2 Å². The van der Waals surface area contributed by atoms with Gasteiger partial charge in [0.25, 0.3) is 0 Å². The van der Waals surface area contributed by atoms with Crippen molar-refractivity contribution in [3.8, 4) is 0 Å². The topological polar surface area (TPSA) is 61.4 Å². The Morgan fingerprint density at radius 1 is 1.25 bits per heavy atom. The second kappa shape index (κ2) is 10.4. The molecule has 2 fully saturated rings. The van der Waals surface area contributed by atoms with Crippen LogP contribution in [0.15, 0.2) is 29.9 Å². The molecule has 2 aromatic heterocycles. The number of piperazine rings is 1. The lowest BCUT2D eigenvalue weighted by atomic mass is 9.93. The third kappa shape index (κ3) is 4.95. The van der Waals surface area contributed by atoms with Gasteiger partial charge in [-0.25, -0.2) is 4.98 Å². The molecular weight excluding hydrogens is 417 g/mol. The largest absolute Gasteiger partial charge is 0.348 e. The first-order valence-corrected chi connectivity index (χ1v) is 10.2. The molecule has 1 atom stereocenters. The zero-order chi connectivity index (χ0) is 17.9. The summed E-state index contributed by atoms with van der Waals surface area (Å²) in [6, 6.07) is 4.10. The zero-order valence-electron chi connectivity index (χ0n) is 15.9. The quantitative estimate of drug-likeness (QED) is 0.789. The number of aromatic nitrogens is 2. The highest BCUT2D eigenvalue weighted by Crippen LogP contribution is 2.30. The Hall–Kier alpha value is -1.41. The van der Waals surface area contributed by atoms with E-state index in [4.69, 9.17) is 0 Å². The molecule has 4 rings (SSSR count). The Morgan fingerprint density at radius 3 is 2.68 bits per heavy atom. The van der Waals surface area contributed by atoms with E-state index in [0.29, 0.717) is 5.91 Å². The van der Waals surface area contributed by atoms with Crippen molar-refractivity contribution in [2.45, 2.75) is 25.8 Å². The number of amides is 1. The molecule has 1 unspecified atom stereocenters. The third-order valence-electron chi connectivity index (χ3n) is 5.32. The van der Waals surface area contributed by atoms with Gasteiger partial charge in [0.05, 0.1) is 11.7 Å². The fourth-order valence-corrected chi connectivity index (χ4v) is 4.74. The number of carbonyl (C=O) groups excluding carboxylic acids is 1. The van der Waals surface area contributed by atoms with Crippen molar-refractivity contribution in [2.75, 3.05) is 37.6 Å². The van der Waals surface area contributed by atoms with Gasteiger partial charge in [0.1, 0.15) is 0 Å². The van der Waals surface area contributed by atoms with Crippen LogP contribution in [-0.2, 0) is 4.79 Å². The minimum Gasteiger partial charge on any atom is -0.348 e. The number of nitrogens with zero attached hydrogens (tertiary/aromatic N) is 4. The van der Waals surface area contributed by atoms with Crippen LogP contribution in [0.1, 0.15) is 30.1 Å². The number of anilines is 1. The smallest absolute Gasteiger partial charge is 0.226 e. The van der Waals surface area contributed by atoms with E-state index in [2.05, 4.69) is 36.5 Å². The Bertz CT molecular complexity index is 752. The first kappa shape index (κ1) is 22.9. The summed E-state index contributed by atoms with van der Waals surface area (Å²) in [5, 5.41) is 6.59. The second-order valence-corrected chi connectivity index (χ2v) is 7.91. The lowest BCUT2D eigenvalue weighted by Gasteiger charge is -2.40. The van der Waals surface area contributed by atoms with Crippen LogP contribution in [0.5, 0.6) is 0 Å². The lowest BCUT2D eigenvalue weighted by molar-refractivity contribution is -0.139. The van der Waals surface area contributed by atoms with Crippen LogP contribution in [0.3, 0.4) is 0 Å². The molecule has 2 aliphatic rings. The monoisotopic (exact) mass is 443 g/mol. The minimum absolute atomic E-state index is 0. The number of piperidine rings is 1. The average Bonchev–Trinajstić information content (AvgIpc) is 3.14. The lowest BCUT2D eigenvalue weighted by Crippen LogP contribution is -2.51. The van der Waals surface area contributed by atoms with Crippen LogP contribution in [0.2, 0.25) is 0 Å². The fourth-order valence-electron chi connectivity index (χ4n) is 3.88. The number of aryl methyl sites for hydroxylation is 1. The van der Waals surface area contributed by atoms with E-state index in [0.717, 1.165) is 62.0 Å². The maximum Gasteiger partial charge on any atom is 0.226 e. The van der Waals surface area contributed by atoms with Crippen LogP contribution in [0.4, 0.5) is 5.13 Å². The van der Waals surface area contributed by atoms with Crippen LogP contribution in [0, 0.1) is 12.8 Å². The van der Waals surface area contributed by atoms with Crippen LogP contribution in [0.25, 0.3) is 0 Å². The number of hydrogen-bond acceptors (Lipinski definition) is 6. The summed E-state index contributed by atoms with van der Waals surface area (Å²) in [5.41, 5.74) is 2.19. The molecule has 0 bridgehead atoms. The first-order chi connectivity index (χ1) is 12.7. The van der Waals surface area contributed by atoms with Gasteiger partial charge in [-0.15, -0.1) is 36.2 Å². The fraction of sp³-hybridized carbons (Fsp3) is 0.526. The maximum atomic E-state index is 13.2. The average molecular weight is 444 g/mol. The van der Waals surface area contributed by atoms with Crippen molar-refractivity contribution < 1.29 is 4.79 Å². The van der Waals surface area contributed by atoms with E-state index in [1.54, 1.807) is 17.5 Å². The van der Waals surface area contributed by atoms with Gasteiger partial charge in [-0.3, -0.25) is 9.78 Å². The van der Waals surface area contributed by atoms with Gasteiger partial charge < -0.3 is 15.1 Å². The summed E-state index contributed by atoms with van der Waals surface area (Å²) in [4.78, 5) is 26.4. The van der Waals surface area contributed by atoms with Crippen molar-refractivity contribution in [3.63, 3.8) is 0 Å². The van der Waals surface area contributed by atoms with E-state index >= 15 is 0 Å². The number of nitrogens with one attached hydrogen (secondary N) is 1. The van der Waals surface area contributed by atoms with Crippen LogP contribution in [-0.4, -0.2) is 53.5 Å². The van der Waals surface area contributed by atoms with Crippen molar-refractivity contribution in [1.82, 2.24) is 20.2 Å². The third-order valence-corrected chi connectivity index (χ3v) is 6.34. The molecule has 2 saturated heterocycles. The number of rotatable bonds is 3. The molecule has 0 radical (unpaired) electrons. The Labute approximate surface area is 182 Å². The summed E-state index contributed by atoms with van der Waals surface area (Å²) in [6.45, 7) is 6.28. The van der Waals surface area contributed by atoms with Crippen molar-refractivity contribution in [2.24, 2.45) is 5.92 Å². The number of carbonyl (C=O) groups is 1. The van der Waals surface area contributed by atoms with E-state index < -0.39 is 0 Å². The molecule has 4 heterocycles. The highest BCUT2D eigenvalue weighted by atomic mass is 35.5. The molecule has 9 heteroatoms.